The number of thioether (sulfide) groups is 1. The van der Waals surface area contributed by atoms with Gasteiger partial charge in [-0.15, -0.1) is 11.8 Å². The van der Waals surface area contributed by atoms with Gasteiger partial charge in [-0.2, -0.15) is 0 Å². The third-order valence-corrected chi connectivity index (χ3v) is 13.3. The molecule has 0 saturated heterocycles. The number of rotatable bonds is 3. The number of hydrogen-bond donors (Lipinski definition) is 0. The Balaban J connectivity index is 1.25. The maximum Gasteiger partial charge on any atom is 0.142 e. The molecule has 6 aromatic rings. The Morgan fingerprint density at radius 1 is 0.774 bits per heavy atom. The van der Waals surface area contributed by atoms with Gasteiger partial charge in [-0.25, -0.2) is 0 Å². The molecule has 4 aliphatic rings. The van der Waals surface area contributed by atoms with Gasteiger partial charge in [0, 0.05) is 37.8 Å². The van der Waals surface area contributed by atoms with Crippen molar-refractivity contribution in [2.75, 3.05) is 0 Å². The van der Waals surface area contributed by atoms with Crippen LogP contribution in [0.1, 0.15) is 60.4 Å². The number of allylic oxidation sites excluding steroid dienone is 8. The Kier molecular flexibility index (Phi) is 7.42. The van der Waals surface area contributed by atoms with E-state index in [1.165, 1.54) is 65.3 Å². The van der Waals surface area contributed by atoms with E-state index in [0.29, 0.717) is 0 Å². The monoisotopic (exact) mass is 700 g/mol. The predicted molar refractivity (Wildman–Crippen MR) is 225 cm³/mol. The zero-order valence-electron chi connectivity index (χ0n) is 30.2. The number of fused-ring (bicyclic) bond motifs is 11. The first-order valence-corrected chi connectivity index (χ1v) is 19.6. The fourth-order valence-corrected chi connectivity index (χ4v) is 10.6. The van der Waals surface area contributed by atoms with Gasteiger partial charge >= 0.3 is 0 Å². The second kappa shape index (κ2) is 12.3. The molecule has 10 rings (SSSR count). The van der Waals surface area contributed by atoms with Crippen molar-refractivity contribution < 1.29 is 4.42 Å². The molecule has 2 heteroatoms. The van der Waals surface area contributed by atoms with Crippen LogP contribution in [0.2, 0.25) is 0 Å². The maximum atomic E-state index is 6.72. The van der Waals surface area contributed by atoms with Crippen LogP contribution in [-0.4, -0.2) is 5.25 Å². The minimum absolute atomic E-state index is 0.134. The van der Waals surface area contributed by atoms with E-state index in [0.717, 1.165) is 46.1 Å². The Bertz CT molecular complexity index is 2830. The minimum Gasteiger partial charge on any atom is -0.455 e. The Morgan fingerprint density at radius 2 is 1.51 bits per heavy atom. The largest absolute Gasteiger partial charge is 0.455 e. The van der Waals surface area contributed by atoms with E-state index in [9.17, 15) is 0 Å². The normalized spacial score (nSPS) is 23.8. The highest BCUT2D eigenvalue weighted by Gasteiger charge is 2.42. The maximum absolute atomic E-state index is 6.72. The lowest BCUT2D eigenvalue weighted by Crippen LogP contribution is -2.31. The van der Waals surface area contributed by atoms with Crippen molar-refractivity contribution in [3.8, 4) is 0 Å². The fraction of sp³-hybridized carbons (Fsp3) is 0.137. The second-order valence-corrected chi connectivity index (χ2v) is 16.4. The first kappa shape index (κ1) is 32.1. The molecule has 53 heavy (non-hydrogen) atoms. The van der Waals surface area contributed by atoms with Crippen LogP contribution >= 0.6 is 11.8 Å². The molecule has 2 atom stereocenters. The summed E-state index contributed by atoms with van der Waals surface area (Å²) in [6.07, 6.45) is 16.0. The summed E-state index contributed by atoms with van der Waals surface area (Å²) < 4.78 is 6.72. The quantitative estimate of drug-likeness (QED) is 0.182. The third-order valence-electron chi connectivity index (χ3n) is 11.9. The highest BCUT2D eigenvalue weighted by atomic mass is 32.2. The molecular formula is C51H40OS. The van der Waals surface area contributed by atoms with E-state index in [4.69, 9.17) is 11.0 Å². The Morgan fingerprint density at radius 3 is 2.40 bits per heavy atom. The SMILES string of the molecule is C=C(/C=C1\C(=C)C(C)(C)c2ccccc21)C1=c2\cccc\c2=C(C2=Cc3c(ccc4c3oc3ccccc34)C3c4ccccc4SC23)\C=C\CC\C=C\1. The lowest BCUT2D eigenvalue weighted by atomic mass is 9.76. The van der Waals surface area contributed by atoms with Crippen LogP contribution in [0.25, 0.3) is 44.7 Å². The predicted octanol–water partition coefficient (Wildman–Crippen LogP) is 12.0. The lowest BCUT2D eigenvalue weighted by molar-refractivity contribution is 0.663. The molecule has 0 fully saturated rings. The van der Waals surface area contributed by atoms with Gasteiger partial charge in [0.15, 0.2) is 0 Å². The van der Waals surface area contributed by atoms with Crippen molar-refractivity contribution in [1.29, 1.82) is 0 Å². The van der Waals surface area contributed by atoms with Gasteiger partial charge in [0.1, 0.15) is 11.2 Å². The molecule has 0 saturated carbocycles. The van der Waals surface area contributed by atoms with Crippen LogP contribution in [0, 0.1) is 0 Å². The van der Waals surface area contributed by atoms with Crippen molar-refractivity contribution in [2.24, 2.45) is 0 Å². The number of furan rings is 1. The molecule has 0 bridgehead atoms. The molecule has 0 spiro atoms. The summed E-state index contributed by atoms with van der Waals surface area (Å²) >= 11 is 2.00. The third kappa shape index (κ3) is 4.92. The number of para-hydroxylation sites is 1. The first-order chi connectivity index (χ1) is 25.9. The highest BCUT2D eigenvalue weighted by molar-refractivity contribution is 8.00. The van der Waals surface area contributed by atoms with Crippen LogP contribution in [-0.2, 0) is 5.41 Å². The summed E-state index contributed by atoms with van der Waals surface area (Å²) in [4.78, 5) is 1.36. The molecule has 256 valence electrons. The summed E-state index contributed by atoms with van der Waals surface area (Å²) in [6.45, 7) is 13.9. The van der Waals surface area contributed by atoms with E-state index in [2.05, 4.69) is 166 Å². The van der Waals surface area contributed by atoms with Crippen LogP contribution in [0.4, 0.5) is 0 Å². The first-order valence-electron chi connectivity index (χ1n) is 18.7. The van der Waals surface area contributed by atoms with Crippen molar-refractivity contribution in [1.82, 2.24) is 0 Å². The molecule has 1 nitrogen and oxygen atoms in total. The van der Waals surface area contributed by atoms with Gasteiger partial charge in [0.2, 0.25) is 0 Å². The summed E-state index contributed by atoms with van der Waals surface area (Å²) in [7, 11) is 0. The molecule has 0 radical (unpaired) electrons. The Hall–Kier alpha value is -5.57. The summed E-state index contributed by atoms with van der Waals surface area (Å²) in [5.41, 5.74) is 15.4. The summed E-state index contributed by atoms with van der Waals surface area (Å²) in [5.74, 6) is 0.215. The molecule has 2 heterocycles. The fourth-order valence-electron chi connectivity index (χ4n) is 9.10. The van der Waals surface area contributed by atoms with E-state index >= 15 is 0 Å². The zero-order chi connectivity index (χ0) is 35.8. The van der Waals surface area contributed by atoms with E-state index in [-0.39, 0.29) is 16.6 Å². The van der Waals surface area contributed by atoms with Gasteiger partial charge in [-0.05, 0) is 103 Å². The lowest BCUT2D eigenvalue weighted by Gasteiger charge is -2.30. The second-order valence-electron chi connectivity index (χ2n) is 15.2. The van der Waals surface area contributed by atoms with Gasteiger partial charge in [0.05, 0.1) is 0 Å². The van der Waals surface area contributed by atoms with Crippen LogP contribution in [0.3, 0.4) is 0 Å². The van der Waals surface area contributed by atoms with Gasteiger partial charge in [-0.3, -0.25) is 0 Å². The van der Waals surface area contributed by atoms with E-state index < -0.39 is 0 Å². The smallest absolute Gasteiger partial charge is 0.142 e. The van der Waals surface area contributed by atoms with Crippen molar-refractivity contribution in [3.63, 3.8) is 0 Å². The summed E-state index contributed by atoms with van der Waals surface area (Å²) in [5, 5.41) is 4.96. The van der Waals surface area contributed by atoms with Gasteiger partial charge < -0.3 is 4.42 Å². The molecule has 3 aliphatic carbocycles. The van der Waals surface area contributed by atoms with E-state index in [1.807, 2.05) is 11.8 Å². The summed E-state index contributed by atoms with van der Waals surface area (Å²) in [6, 6.07) is 39.7. The standard InChI is InChI=1S/C51H40OS/c1-31(29-42-32(2)51(3,4)45-24-14-11-21-37(42)45)33-17-7-5-6-8-18-36(35-20-10-9-19-34(33)35)44-30-43-39(48-41-23-13-16-26-47(41)53-50(44)48)27-28-40-38-22-12-15-25-46(38)52-49(40)43/h7-30,48,50H,1-2,5-6H2,3-4H3/b17-7+,18-8+,34-33+,36-35+,42-29+. The van der Waals surface area contributed by atoms with Crippen LogP contribution < -0.4 is 10.4 Å². The van der Waals surface area contributed by atoms with Gasteiger partial charge in [0.25, 0.3) is 0 Å². The molecular weight excluding hydrogens is 661 g/mol. The molecule has 0 N–H and O–H groups in total. The molecule has 0 amide bonds. The zero-order valence-corrected chi connectivity index (χ0v) is 31.0. The molecule has 1 aromatic heterocycles. The molecule has 1 aliphatic heterocycles. The average molecular weight is 701 g/mol. The van der Waals surface area contributed by atoms with Crippen molar-refractivity contribution in [2.45, 2.75) is 48.2 Å². The van der Waals surface area contributed by atoms with Gasteiger partial charge in [-0.1, -0.05) is 148 Å². The Labute approximate surface area is 315 Å². The molecule has 2 unspecified atom stereocenters. The average Bonchev–Trinajstić information content (AvgIpc) is 3.82. The molecule has 5 aromatic carbocycles. The van der Waals surface area contributed by atoms with E-state index in [1.54, 1.807) is 0 Å². The number of benzene rings is 5. The highest BCUT2D eigenvalue weighted by Crippen LogP contribution is 2.57. The minimum atomic E-state index is -0.134. The van der Waals surface area contributed by atoms with Crippen LogP contribution in [0.15, 0.2) is 179 Å². The number of hydrogen-bond acceptors (Lipinski definition) is 2. The van der Waals surface area contributed by atoms with Crippen molar-refractivity contribution >= 4 is 56.5 Å². The van der Waals surface area contributed by atoms with Crippen LogP contribution in [0.5, 0.6) is 0 Å². The topological polar surface area (TPSA) is 13.1 Å². The van der Waals surface area contributed by atoms with Crippen molar-refractivity contribution in [3.05, 3.63) is 208 Å².